The summed E-state index contributed by atoms with van der Waals surface area (Å²) in [6.07, 6.45) is 0. The molecule has 1 aliphatic rings. The topological polar surface area (TPSA) is 26.1 Å². The first kappa shape index (κ1) is 6.05. The third-order valence-corrected chi connectivity index (χ3v) is 1.57. The summed E-state index contributed by atoms with van der Waals surface area (Å²) in [7, 11) is 0. The van der Waals surface area contributed by atoms with Gasteiger partial charge >= 0.3 is 0 Å². The monoisotopic (exact) mass is 114 g/mol. The molecular weight excluding hydrogens is 102 g/mol. The summed E-state index contributed by atoms with van der Waals surface area (Å²) in [6.45, 7) is 7.02. The van der Waals surface area contributed by atoms with Gasteiger partial charge in [0.1, 0.15) is 0 Å². The predicted molar refractivity (Wildman–Crippen MR) is 33.3 cm³/mol. The van der Waals surface area contributed by atoms with E-state index in [1.807, 2.05) is 0 Å². The molecule has 0 saturated carbocycles. The number of rotatable bonds is 0. The largest absolute Gasteiger partial charge is 0.785 e. The van der Waals surface area contributed by atoms with Gasteiger partial charge < -0.3 is 10.3 Å². The second-order valence-electron chi connectivity index (χ2n) is 3.48. The van der Waals surface area contributed by atoms with Gasteiger partial charge in [0.2, 0.25) is 0 Å². The fraction of sp³-hybridized carbons (Fsp3) is 1.00. The van der Waals surface area contributed by atoms with Crippen molar-refractivity contribution >= 4 is 0 Å². The fourth-order valence-corrected chi connectivity index (χ4v) is 0.829. The molecule has 1 heterocycles. The lowest BCUT2D eigenvalue weighted by molar-refractivity contribution is 0.362. The summed E-state index contributed by atoms with van der Waals surface area (Å²) in [4.78, 5) is 0. The Morgan fingerprint density at radius 3 is 1.88 bits per heavy atom. The van der Waals surface area contributed by atoms with Gasteiger partial charge in [-0.2, -0.15) is 0 Å². The Hall–Kier alpha value is -0.0800. The molecule has 0 N–H and O–H groups in total. The first-order chi connectivity index (χ1) is 3.52. The summed E-state index contributed by atoms with van der Waals surface area (Å²) >= 11 is 0. The number of hydrogen-bond donors (Lipinski definition) is 0. The van der Waals surface area contributed by atoms with Crippen LogP contribution in [0.15, 0.2) is 0 Å². The lowest BCUT2D eigenvalue weighted by Crippen LogP contribution is -2.16. The molecule has 1 rings (SSSR count). The van der Waals surface area contributed by atoms with Gasteiger partial charge in [0.25, 0.3) is 0 Å². The maximum Gasteiger partial charge on any atom is 0.0144 e. The molecule has 1 aliphatic heterocycles. The van der Waals surface area contributed by atoms with Crippen LogP contribution in [0.25, 0.3) is 0 Å². The third kappa shape index (κ3) is 1.01. The first-order valence-electron chi connectivity index (χ1n) is 2.95. The summed E-state index contributed by atoms with van der Waals surface area (Å²) in [6, 6.07) is 0.294. The Balaban J connectivity index is 2.39. The SMILES string of the molecule is CC(C)(C)C1CN1[O-]. The van der Waals surface area contributed by atoms with E-state index in [2.05, 4.69) is 20.8 Å². The molecule has 2 heteroatoms. The van der Waals surface area contributed by atoms with Crippen molar-refractivity contribution in [3.63, 3.8) is 0 Å². The Labute approximate surface area is 50.1 Å². The molecule has 0 radical (unpaired) electrons. The Morgan fingerprint density at radius 1 is 1.50 bits per heavy atom. The van der Waals surface area contributed by atoms with Crippen molar-refractivity contribution in [2.45, 2.75) is 26.8 Å². The first-order valence-corrected chi connectivity index (χ1v) is 2.95. The van der Waals surface area contributed by atoms with Gasteiger partial charge in [-0.25, -0.2) is 0 Å². The lowest BCUT2D eigenvalue weighted by Gasteiger charge is -2.19. The van der Waals surface area contributed by atoms with Gasteiger partial charge in [-0.15, -0.1) is 0 Å². The third-order valence-electron chi connectivity index (χ3n) is 1.57. The minimum absolute atomic E-state index is 0.196. The van der Waals surface area contributed by atoms with E-state index in [1.165, 1.54) is 0 Å². The number of nitrogens with zero attached hydrogens (tertiary/aromatic N) is 1. The van der Waals surface area contributed by atoms with Crippen LogP contribution in [0.5, 0.6) is 0 Å². The number of hydroxylamine groups is 2. The van der Waals surface area contributed by atoms with Crippen molar-refractivity contribution in [1.82, 2.24) is 5.06 Å². The van der Waals surface area contributed by atoms with Crippen molar-refractivity contribution in [3.05, 3.63) is 5.21 Å². The van der Waals surface area contributed by atoms with E-state index in [4.69, 9.17) is 0 Å². The van der Waals surface area contributed by atoms with E-state index in [-0.39, 0.29) is 5.41 Å². The van der Waals surface area contributed by atoms with Gasteiger partial charge in [-0.3, -0.25) is 0 Å². The van der Waals surface area contributed by atoms with Crippen LogP contribution < -0.4 is 0 Å². The van der Waals surface area contributed by atoms with Crippen LogP contribution in [0, 0.1) is 10.6 Å². The quantitative estimate of drug-likeness (QED) is 0.442. The molecule has 0 amide bonds. The normalized spacial score (nSPS) is 37.5. The Bertz CT molecular complexity index is 95.2. The van der Waals surface area contributed by atoms with Gasteiger partial charge in [0.05, 0.1) is 0 Å². The fourth-order valence-electron chi connectivity index (χ4n) is 0.829. The molecular formula is C6H12NO-. The van der Waals surface area contributed by atoms with Crippen LogP contribution in [0.3, 0.4) is 0 Å². The highest BCUT2D eigenvalue weighted by molar-refractivity contribution is 4.97. The van der Waals surface area contributed by atoms with Crippen molar-refractivity contribution in [3.8, 4) is 0 Å². The van der Waals surface area contributed by atoms with Crippen molar-refractivity contribution in [2.75, 3.05) is 6.54 Å². The summed E-state index contributed by atoms with van der Waals surface area (Å²) < 4.78 is 0. The van der Waals surface area contributed by atoms with E-state index in [9.17, 15) is 5.21 Å². The Morgan fingerprint density at radius 2 is 1.88 bits per heavy atom. The smallest absolute Gasteiger partial charge is 0.0144 e. The van der Waals surface area contributed by atoms with Crippen molar-refractivity contribution in [1.29, 1.82) is 0 Å². The molecule has 1 fully saturated rings. The average Bonchev–Trinajstić information content (AvgIpc) is 2.13. The second kappa shape index (κ2) is 1.45. The van der Waals surface area contributed by atoms with E-state index in [0.29, 0.717) is 6.04 Å². The van der Waals surface area contributed by atoms with Gasteiger partial charge in [0, 0.05) is 12.6 Å². The summed E-state index contributed by atoms with van der Waals surface area (Å²) in [5.41, 5.74) is 0.196. The van der Waals surface area contributed by atoms with E-state index < -0.39 is 0 Å². The minimum atomic E-state index is 0.196. The number of hydrogen-bond acceptors (Lipinski definition) is 2. The lowest BCUT2D eigenvalue weighted by atomic mass is 9.92. The Kier molecular flexibility index (Phi) is 1.10. The zero-order valence-electron chi connectivity index (χ0n) is 5.64. The molecule has 0 bridgehead atoms. The molecule has 0 aromatic carbocycles. The zero-order chi connectivity index (χ0) is 6.36. The minimum Gasteiger partial charge on any atom is -0.785 e. The molecule has 48 valence electrons. The molecule has 8 heavy (non-hydrogen) atoms. The highest BCUT2D eigenvalue weighted by Crippen LogP contribution is 2.33. The highest BCUT2D eigenvalue weighted by atomic mass is 16.5. The van der Waals surface area contributed by atoms with Gasteiger partial charge in [0.15, 0.2) is 0 Å². The molecule has 0 aromatic rings. The molecule has 2 nitrogen and oxygen atoms in total. The molecule has 0 spiro atoms. The highest BCUT2D eigenvalue weighted by Gasteiger charge is 2.35. The molecule has 0 aliphatic carbocycles. The van der Waals surface area contributed by atoms with Crippen LogP contribution in [0.4, 0.5) is 0 Å². The van der Waals surface area contributed by atoms with Gasteiger partial charge in [-0.05, 0) is 5.41 Å². The van der Waals surface area contributed by atoms with E-state index >= 15 is 0 Å². The van der Waals surface area contributed by atoms with Crippen molar-refractivity contribution in [2.24, 2.45) is 5.41 Å². The second-order valence-corrected chi connectivity index (χ2v) is 3.48. The molecule has 0 aromatic heterocycles. The zero-order valence-corrected chi connectivity index (χ0v) is 5.64. The summed E-state index contributed by atoms with van der Waals surface area (Å²) in [5.74, 6) is 0. The van der Waals surface area contributed by atoms with Crippen molar-refractivity contribution < 1.29 is 0 Å². The molecule has 2 unspecified atom stereocenters. The van der Waals surface area contributed by atoms with Crippen LogP contribution in [0.1, 0.15) is 20.8 Å². The van der Waals surface area contributed by atoms with E-state index in [0.717, 1.165) is 11.6 Å². The van der Waals surface area contributed by atoms with E-state index in [1.54, 1.807) is 0 Å². The standard InChI is InChI=1S/C6H12NO/c1-6(2,3)5-4-7(5)8/h5H,4H2,1-3H3/q-1. The molecule has 2 atom stereocenters. The maximum absolute atomic E-state index is 10.5. The summed E-state index contributed by atoms with van der Waals surface area (Å²) in [5, 5.41) is 11.6. The van der Waals surface area contributed by atoms with Crippen LogP contribution >= 0.6 is 0 Å². The van der Waals surface area contributed by atoms with Crippen LogP contribution in [-0.4, -0.2) is 17.6 Å². The molecule has 1 saturated heterocycles. The predicted octanol–water partition coefficient (Wildman–Crippen LogP) is 1.21. The van der Waals surface area contributed by atoms with Gasteiger partial charge in [-0.1, -0.05) is 20.8 Å². The van der Waals surface area contributed by atoms with Crippen LogP contribution in [0.2, 0.25) is 0 Å². The maximum atomic E-state index is 10.5. The van der Waals surface area contributed by atoms with Crippen LogP contribution in [-0.2, 0) is 0 Å². The average molecular weight is 114 g/mol.